The second-order valence-electron chi connectivity index (χ2n) is 4.67. The van der Waals surface area contributed by atoms with E-state index >= 15 is 0 Å². The molecule has 4 nitrogen and oxygen atoms in total. The van der Waals surface area contributed by atoms with Gasteiger partial charge in [0.25, 0.3) is 0 Å². The van der Waals surface area contributed by atoms with Crippen LogP contribution in [-0.4, -0.2) is 23.1 Å². The van der Waals surface area contributed by atoms with E-state index in [0.717, 1.165) is 0 Å². The van der Waals surface area contributed by atoms with Crippen molar-refractivity contribution in [1.82, 2.24) is 10.4 Å². The van der Waals surface area contributed by atoms with Crippen LogP contribution in [0.15, 0.2) is 24.3 Å². The average molecular weight is 253 g/mol. The summed E-state index contributed by atoms with van der Waals surface area (Å²) >= 11 is 0. The zero-order valence-corrected chi connectivity index (χ0v) is 11.2. The van der Waals surface area contributed by atoms with Crippen molar-refractivity contribution in [3.63, 3.8) is 0 Å². The molecule has 0 bridgehead atoms. The number of urea groups is 1. The molecule has 0 radical (unpaired) electrons. The number of benzene rings is 1. The van der Waals surface area contributed by atoms with Gasteiger partial charge in [-0.25, -0.2) is 14.2 Å². The largest absolute Gasteiger partial charge is 0.333 e. The first kappa shape index (κ1) is 14.4. The van der Waals surface area contributed by atoms with Crippen LogP contribution >= 0.6 is 0 Å². The molecule has 0 aromatic heterocycles. The van der Waals surface area contributed by atoms with E-state index in [2.05, 4.69) is 10.7 Å². The van der Waals surface area contributed by atoms with Crippen molar-refractivity contribution < 1.29 is 9.18 Å². The van der Waals surface area contributed by atoms with Crippen LogP contribution in [0.25, 0.3) is 0 Å². The number of halogens is 1. The van der Waals surface area contributed by atoms with E-state index in [1.54, 1.807) is 0 Å². The summed E-state index contributed by atoms with van der Waals surface area (Å²) in [5, 5.41) is 4.50. The van der Waals surface area contributed by atoms with Crippen LogP contribution < -0.4 is 10.7 Å². The van der Waals surface area contributed by atoms with Gasteiger partial charge in [0.2, 0.25) is 0 Å². The quantitative estimate of drug-likeness (QED) is 0.810. The summed E-state index contributed by atoms with van der Waals surface area (Å²) in [6.07, 6.45) is 0. The van der Waals surface area contributed by atoms with Gasteiger partial charge < -0.3 is 5.32 Å². The third-order valence-corrected chi connectivity index (χ3v) is 2.45. The number of nitrogens with zero attached hydrogens (tertiary/aromatic N) is 1. The molecule has 5 heteroatoms. The molecule has 0 saturated heterocycles. The van der Waals surface area contributed by atoms with Gasteiger partial charge >= 0.3 is 6.03 Å². The molecular weight excluding hydrogens is 233 g/mol. The molecule has 0 aliphatic rings. The molecule has 18 heavy (non-hydrogen) atoms. The van der Waals surface area contributed by atoms with Gasteiger partial charge in [0.1, 0.15) is 5.82 Å². The number of amides is 2. The van der Waals surface area contributed by atoms with Crippen LogP contribution in [0.4, 0.5) is 14.9 Å². The van der Waals surface area contributed by atoms with Gasteiger partial charge in [0, 0.05) is 17.8 Å². The van der Waals surface area contributed by atoms with Gasteiger partial charge in [-0.15, -0.1) is 0 Å². The van der Waals surface area contributed by atoms with Crippen LogP contribution in [0.1, 0.15) is 27.7 Å². The van der Waals surface area contributed by atoms with Crippen molar-refractivity contribution in [2.24, 2.45) is 0 Å². The third-order valence-electron chi connectivity index (χ3n) is 2.45. The number of rotatable bonds is 4. The minimum Gasteiger partial charge on any atom is -0.307 e. The molecule has 1 aromatic carbocycles. The Morgan fingerprint density at radius 1 is 1.11 bits per heavy atom. The number of hydrazine groups is 1. The molecule has 0 atom stereocenters. The number of anilines is 1. The average Bonchev–Trinajstić information content (AvgIpc) is 2.28. The Morgan fingerprint density at radius 2 is 1.61 bits per heavy atom. The van der Waals surface area contributed by atoms with Gasteiger partial charge in [0.05, 0.1) is 0 Å². The summed E-state index contributed by atoms with van der Waals surface area (Å²) in [5.41, 5.74) is 3.33. The van der Waals surface area contributed by atoms with E-state index in [-0.39, 0.29) is 23.9 Å². The minimum atomic E-state index is -0.330. The predicted octanol–water partition coefficient (Wildman–Crippen LogP) is 2.98. The van der Waals surface area contributed by atoms with Crippen molar-refractivity contribution in [3.8, 4) is 0 Å². The summed E-state index contributed by atoms with van der Waals surface area (Å²) < 4.78 is 12.7. The molecule has 0 aliphatic heterocycles. The van der Waals surface area contributed by atoms with Crippen LogP contribution in [0.2, 0.25) is 0 Å². The topological polar surface area (TPSA) is 44.4 Å². The van der Waals surface area contributed by atoms with Gasteiger partial charge in [-0.2, -0.15) is 0 Å². The number of hydrogen-bond acceptors (Lipinski definition) is 2. The lowest BCUT2D eigenvalue weighted by atomic mass is 10.3. The molecule has 0 unspecified atom stereocenters. The molecule has 100 valence electrons. The highest BCUT2D eigenvalue weighted by molar-refractivity contribution is 5.88. The maximum Gasteiger partial charge on any atom is 0.333 e. The maximum atomic E-state index is 12.7. The van der Waals surface area contributed by atoms with E-state index in [0.29, 0.717) is 5.69 Å². The van der Waals surface area contributed by atoms with Crippen LogP contribution in [0.3, 0.4) is 0 Å². The number of carbonyl (C=O) groups excluding carboxylic acids is 1. The van der Waals surface area contributed by atoms with Crippen LogP contribution in [-0.2, 0) is 0 Å². The Kier molecular flexibility index (Phi) is 5.09. The molecular formula is C13H20FN3O. The maximum absolute atomic E-state index is 12.7. The molecule has 1 aromatic rings. The highest BCUT2D eigenvalue weighted by atomic mass is 19.1. The van der Waals surface area contributed by atoms with E-state index in [1.165, 1.54) is 24.3 Å². The molecule has 1 rings (SSSR count). The lowest BCUT2D eigenvalue weighted by Gasteiger charge is -2.30. The first-order chi connectivity index (χ1) is 8.40. The Morgan fingerprint density at radius 3 is 2.06 bits per heavy atom. The normalized spacial score (nSPS) is 11.1. The number of carbonyl (C=O) groups is 1. The Hall–Kier alpha value is -1.62. The Bertz CT molecular complexity index is 382. The molecule has 0 fully saturated rings. The molecule has 0 aliphatic carbocycles. The zero-order valence-electron chi connectivity index (χ0n) is 11.2. The van der Waals surface area contributed by atoms with Crippen molar-refractivity contribution in [1.29, 1.82) is 0 Å². The number of hydrogen-bond donors (Lipinski definition) is 2. The lowest BCUT2D eigenvalue weighted by Crippen LogP contribution is -2.51. The van der Waals surface area contributed by atoms with Gasteiger partial charge in [-0.3, -0.25) is 5.43 Å². The first-order valence-electron chi connectivity index (χ1n) is 6.01. The monoisotopic (exact) mass is 253 g/mol. The molecule has 0 spiro atoms. The summed E-state index contributed by atoms with van der Waals surface area (Å²) in [6.45, 7) is 7.99. The summed E-state index contributed by atoms with van der Waals surface area (Å²) in [4.78, 5) is 11.8. The smallest absolute Gasteiger partial charge is 0.307 e. The van der Waals surface area contributed by atoms with E-state index in [9.17, 15) is 9.18 Å². The highest BCUT2D eigenvalue weighted by Crippen LogP contribution is 2.08. The Labute approximate surface area is 107 Å². The standard InChI is InChI=1S/C13H20FN3O/c1-9(2)17(10(3)4)16-13(18)15-12-7-5-11(14)6-8-12/h5-10H,1-4H3,(H2,15,16,18). The fraction of sp³-hybridized carbons (Fsp3) is 0.462. The lowest BCUT2D eigenvalue weighted by molar-refractivity contribution is 0.118. The fourth-order valence-corrected chi connectivity index (χ4v) is 1.66. The van der Waals surface area contributed by atoms with Crippen molar-refractivity contribution >= 4 is 11.7 Å². The first-order valence-corrected chi connectivity index (χ1v) is 6.01. The van der Waals surface area contributed by atoms with Gasteiger partial charge in [-0.05, 0) is 52.0 Å². The Balaban J connectivity index is 2.58. The summed E-state index contributed by atoms with van der Waals surface area (Å²) in [6, 6.07) is 5.71. The van der Waals surface area contributed by atoms with E-state index in [4.69, 9.17) is 0 Å². The molecule has 2 N–H and O–H groups in total. The van der Waals surface area contributed by atoms with Crippen molar-refractivity contribution in [2.75, 3.05) is 5.32 Å². The summed E-state index contributed by atoms with van der Waals surface area (Å²) in [7, 11) is 0. The molecule has 0 heterocycles. The van der Waals surface area contributed by atoms with E-state index in [1.807, 2.05) is 32.7 Å². The van der Waals surface area contributed by atoms with Gasteiger partial charge in [0.15, 0.2) is 0 Å². The van der Waals surface area contributed by atoms with Gasteiger partial charge in [-0.1, -0.05) is 0 Å². The van der Waals surface area contributed by atoms with Crippen molar-refractivity contribution in [2.45, 2.75) is 39.8 Å². The molecule has 2 amide bonds. The molecule has 0 saturated carbocycles. The van der Waals surface area contributed by atoms with Crippen molar-refractivity contribution in [3.05, 3.63) is 30.1 Å². The predicted molar refractivity (Wildman–Crippen MR) is 70.7 cm³/mol. The van der Waals surface area contributed by atoms with Crippen LogP contribution in [0.5, 0.6) is 0 Å². The second kappa shape index (κ2) is 6.35. The van der Waals surface area contributed by atoms with E-state index < -0.39 is 0 Å². The van der Waals surface area contributed by atoms with Crippen LogP contribution in [0, 0.1) is 5.82 Å². The highest BCUT2D eigenvalue weighted by Gasteiger charge is 2.15. The number of nitrogens with one attached hydrogen (secondary N) is 2. The third kappa shape index (κ3) is 4.33. The second-order valence-corrected chi connectivity index (χ2v) is 4.67. The summed E-state index contributed by atoms with van der Waals surface area (Å²) in [5.74, 6) is -0.327. The SMILES string of the molecule is CC(C)N(NC(=O)Nc1ccc(F)cc1)C(C)C. The zero-order chi connectivity index (χ0) is 13.7. The fourth-order valence-electron chi connectivity index (χ4n) is 1.66. The minimum absolute atomic E-state index is 0.198.